The first kappa shape index (κ1) is 21.8. The van der Waals surface area contributed by atoms with Crippen molar-refractivity contribution < 1.29 is 9.59 Å². The van der Waals surface area contributed by atoms with Crippen LogP contribution in [-0.4, -0.2) is 49.5 Å². The molecule has 1 aliphatic heterocycles. The molecule has 1 aromatic carbocycles. The second-order valence-corrected chi connectivity index (χ2v) is 6.08. The number of carbonyl (C=O) groups excluding carboxylic acids is 2. The summed E-state index contributed by atoms with van der Waals surface area (Å²) in [5, 5.41) is 9.88. The molecule has 25 heavy (non-hydrogen) atoms. The van der Waals surface area contributed by atoms with Gasteiger partial charge in [-0.05, 0) is 24.6 Å². The van der Waals surface area contributed by atoms with E-state index >= 15 is 0 Å². The minimum atomic E-state index is -0.369. The summed E-state index contributed by atoms with van der Waals surface area (Å²) in [6, 6.07) is 4.84. The molecule has 1 unspecified atom stereocenters. The van der Waals surface area contributed by atoms with E-state index in [-0.39, 0.29) is 55.0 Å². The van der Waals surface area contributed by atoms with Gasteiger partial charge in [-0.2, -0.15) is 0 Å². The average molecular weight is 500 g/mol. The Labute approximate surface area is 173 Å². The maximum Gasteiger partial charge on any atom is 0.324 e. The quantitative estimate of drug-likeness (QED) is 0.251. The molecule has 0 spiro atoms. The number of hydrogen-bond donors (Lipinski definition) is 3. The van der Waals surface area contributed by atoms with Gasteiger partial charge < -0.3 is 16.0 Å². The molecule has 0 aliphatic carbocycles. The lowest BCUT2D eigenvalue weighted by atomic mass is 10.1. The summed E-state index contributed by atoms with van der Waals surface area (Å²) < 4.78 is 0. The number of nitrogens with zero attached hydrogens (tertiary/aromatic N) is 2. The minimum Gasteiger partial charge on any atom is -0.355 e. The molecule has 3 N–H and O–H groups in total. The zero-order valence-electron chi connectivity index (χ0n) is 13.8. The summed E-state index contributed by atoms with van der Waals surface area (Å²) in [5.41, 5.74) is 0.887. The Morgan fingerprint density at radius 1 is 1.40 bits per heavy atom. The predicted molar refractivity (Wildman–Crippen MR) is 110 cm³/mol. The predicted octanol–water partition coefficient (Wildman–Crippen LogP) is 2.39. The van der Waals surface area contributed by atoms with E-state index in [4.69, 9.17) is 23.2 Å². The molecular formula is C15H20Cl2IN5O2. The molecule has 0 aromatic heterocycles. The van der Waals surface area contributed by atoms with Gasteiger partial charge in [-0.15, -0.1) is 24.0 Å². The molecule has 3 amide bonds. The molecule has 1 aliphatic rings. The summed E-state index contributed by atoms with van der Waals surface area (Å²) in [4.78, 5) is 28.2. The van der Waals surface area contributed by atoms with Gasteiger partial charge in [-0.25, -0.2) is 4.79 Å². The lowest BCUT2D eigenvalue weighted by Crippen LogP contribution is -2.43. The van der Waals surface area contributed by atoms with Crippen molar-refractivity contribution in [2.24, 2.45) is 4.99 Å². The Morgan fingerprint density at radius 2 is 2.12 bits per heavy atom. The first-order valence-corrected chi connectivity index (χ1v) is 8.18. The zero-order chi connectivity index (χ0) is 17.7. The van der Waals surface area contributed by atoms with Gasteiger partial charge in [-0.1, -0.05) is 29.3 Å². The van der Waals surface area contributed by atoms with Gasteiger partial charge in [0.15, 0.2) is 5.96 Å². The molecule has 0 bridgehead atoms. The second-order valence-electron chi connectivity index (χ2n) is 5.23. The van der Waals surface area contributed by atoms with Crippen LogP contribution in [-0.2, 0) is 4.79 Å². The largest absolute Gasteiger partial charge is 0.355 e. The van der Waals surface area contributed by atoms with Crippen LogP contribution in [0.1, 0.15) is 18.5 Å². The van der Waals surface area contributed by atoms with E-state index in [0.29, 0.717) is 22.5 Å². The van der Waals surface area contributed by atoms with Gasteiger partial charge in [0, 0.05) is 30.2 Å². The van der Waals surface area contributed by atoms with Crippen molar-refractivity contribution in [1.82, 2.24) is 20.9 Å². The fraction of sp³-hybridized carbons (Fsp3) is 0.400. The molecule has 2 rings (SSSR count). The summed E-state index contributed by atoms with van der Waals surface area (Å²) in [6.45, 7) is 2.65. The van der Waals surface area contributed by atoms with E-state index in [1.807, 2.05) is 13.0 Å². The van der Waals surface area contributed by atoms with Crippen molar-refractivity contribution in [2.45, 2.75) is 13.0 Å². The third-order valence-electron chi connectivity index (χ3n) is 3.57. The number of urea groups is 1. The first-order valence-electron chi connectivity index (χ1n) is 7.42. The third kappa shape index (κ3) is 5.89. The summed E-state index contributed by atoms with van der Waals surface area (Å²) in [6.07, 6.45) is 0. The number of carbonyl (C=O) groups is 2. The van der Waals surface area contributed by atoms with Crippen LogP contribution in [0.25, 0.3) is 0 Å². The number of amides is 3. The van der Waals surface area contributed by atoms with Crippen LogP contribution < -0.4 is 16.0 Å². The standard InChI is InChI=1S/C15H19Cl2N5O2.HI/c1-9(11-4-3-10(16)7-12(11)17)21-14(18-2)19-5-6-22-13(23)8-20-15(22)24;/h3-4,7,9H,5-6,8H2,1-2H3,(H,20,24)(H2,18,19,21);1H. The molecule has 1 atom stereocenters. The number of aliphatic imine (C=N–C) groups is 1. The molecule has 1 aromatic rings. The molecule has 10 heteroatoms. The minimum absolute atomic E-state index is 0. The number of guanidine groups is 1. The SMILES string of the molecule is CN=C(NCCN1C(=O)CNC1=O)NC(C)c1ccc(Cl)cc1Cl.I. The van der Waals surface area contributed by atoms with Gasteiger partial charge in [-0.3, -0.25) is 14.7 Å². The lowest BCUT2D eigenvalue weighted by Gasteiger charge is -2.20. The second kappa shape index (κ2) is 10.0. The highest BCUT2D eigenvalue weighted by Gasteiger charge is 2.27. The van der Waals surface area contributed by atoms with E-state index in [2.05, 4.69) is 20.9 Å². The van der Waals surface area contributed by atoms with Crippen LogP contribution in [0, 0.1) is 0 Å². The Kier molecular flexibility index (Phi) is 8.74. The Bertz CT molecular complexity index is 655. The van der Waals surface area contributed by atoms with E-state index in [1.54, 1.807) is 19.2 Å². The van der Waals surface area contributed by atoms with Crippen molar-refractivity contribution in [2.75, 3.05) is 26.7 Å². The molecule has 0 saturated carbocycles. The van der Waals surface area contributed by atoms with E-state index in [1.165, 1.54) is 4.90 Å². The topological polar surface area (TPSA) is 85.8 Å². The van der Waals surface area contributed by atoms with Crippen LogP contribution in [0.5, 0.6) is 0 Å². The highest BCUT2D eigenvalue weighted by atomic mass is 127. The molecule has 1 fully saturated rings. The number of benzene rings is 1. The van der Waals surface area contributed by atoms with E-state index in [9.17, 15) is 9.59 Å². The normalized spacial score (nSPS) is 15.5. The van der Waals surface area contributed by atoms with Crippen molar-refractivity contribution >= 4 is 65.1 Å². The average Bonchev–Trinajstić information content (AvgIpc) is 2.85. The molecular weight excluding hydrogens is 480 g/mol. The Morgan fingerprint density at radius 3 is 2.68 bits per heavy atom. The summed E-state index contributed by atoms with van der Waals surface area (Å²) in [7, 11) is 1.64. The molecule has 7 nitrogen and oxygen atoms in total. The molecule has 1 heterocycles. The van der Waals surface area contributed by atoms with Crippen LogP contribution in [0.3, 0.4) is 0 Å². The molecule has 138 valence electrons. The number of imide groups is 1. The van der Waals surface area contributed by atoms with Crippen molar-refractivity contribution in [3.63, 3.8) is 0 Å². The molecule has 1 saturated heterocycles. The Balaban J connectivity index is 0.00000312. The lowest BCUT2D eigenvalue weighted by molar-refractivity contribution is -0.124. The van der Waals surface area contributed by atoms with Crippen LogP contribution in [0.15, 0.2) is 23.2 Å². The van der Waals surface area contributed by atoms with Crippen molar-refractivity contribution in [1.29, 1.82) is 0 Å². The van der Waals surface area contributed by atoms with Crippen molar-refractivity contribution in [3.05, 3.63) is 33.8 Å². The summed E-state index contributed by atoms with van der Waals surface area (Å²) >= 11 is 12.1. The van der Waals surface area contributed by atoms with Gasteiger partial charge in [0.2, 0.25) is 5.91 Å². The smallest absolute Gasteiger partial charge is 0.324 e. The van der Waals surface area contributed by atoms with Crippen molar-refractivity contribution in [3.8, 4) is 0 Å². The fourth-order valence-electron chi connectivity index (χ4n) is 2.30. The highest BCUT2D eigenvalue weighted by Crippen LogP contribution is 2.25. The van der Waals surface area contributed by atoms with Crippen LogP contribution in [0.2, 0.25) is 10.0 Å². The van der Waals surface area contributed by atoms with Gasteiger partial charge in [0.25, 0.3) is 0 Å². The third-order valence-corrected chi connectivity index (χ3v) is 4.13. The number of nitrogens with one attached hydrogen (secondary N) is 3. The molecule has 0 radical (unpaired) electrons. The van der Waals surface area contributed by atoms with Crippen LogP contribution >= 0.6 is 47.2 Å². The summed E-state index contributed by atoms with van der Waals surface area (Å²) in [5.74, 6) is 0.312. The van der Waals surface area contributed by atoms with Gasteiger partial charge >= 0.3 is 6.03 Å². The zero-order valence-corrected chi connectivity index (χ0v) is 17.6. The van der Waals surface area contributed by atoms with Gasteiger partial charge in [0.05, 0.1) is 12.6 Å². The Hall–Kier alpha value is -1.26. The number of hydrogen-bond acceptors (Lipinski definition) is 3. The number of rotatable bonds is 5. The highest BCUT2D eigenvalue weighted by molar-refractivity contribution is 14.0. The monoisotopic (exact) mass is 499 g/mol. The van der Waals surface area contributed by atoms with E-state index < -0.39 is 0 Å². The fourth-order valence-corrected chi connectivity index (χ4v) is 2.87. The van der Waals surface area contributed by atoms with E-state index in [0.717, 1.165) is 5.56 Å². The van der Waals surface area contributed by atoms with Crippen LogP contribution in [0.4, 0.5) is 4.79 Å². The maximum absolute atomic E-state index is 11.5. The first-order chi connectivity index (χ1) is 11.4. The maximum atomic E-state index is 11.5. The number of halogens is 3. The van der Waals surface area contributed by atoms with Gasteiger partial charge in [0.1, 0.15) is 0 Å².